The first-order valence-electron chi connectivity index (χ1n) is 5.69. The first-order valence-corrected chi connectivity index (χ1v) is 6.61. The lowest BCUT2D eigenvalue weighted by Crippen LogP contribution is -2.30. The molecule has 0 heterocycles. The number of rotatable bonds is 6. The first-order chi connectivity index (χ1) is 8.15. The van der Waals surface area contributed by atoms with E-state index in [0.29, 0.717) is 17.8 Å². The smallest absolute Gasteiger partial charge is 0.224 e. The van der Waals surface area contributed by atoms with Crippen LogP contribution >= 0.6 is 15.9 Å². The van der Waals surface area contributed by atoms with E-state index in [4.69, 9.17) is 4.74 Å². The highest BCUT2D eigenvalue weighted by atomic mass is 79.9. The summed E-state index contributed by atoms with van der Waals surface area (Å²) in [7, 11) is 1.62. The van der Waals surface area contributed by atoms with Gasteiger partial charge >= 0.3 is 0 Å². The molecule has 0 aliphatic rings. The second kappa shape index (κ2) is 7.33. The van der Waals surface area contributed by atoms with E-state index in [2.05, 4.69) is 28.2 Å². The predicted octanol–water partition coefficient (Wildman–Crippen LogP) is 2.53. The van der Waals surface area contributed by atoms with Crippen LogP contribution in [0.1, 0.15) is 18.9 Å². The van der Waals surface area contributed by atoms with Gasteiger partial charge in [-0.25, -0.2) is 0 Å². The highest BCUT2D eigenvalue weighted by Gasteiger charge is 2.06. The Morgan fingerprint density at radius 1 is 1.53 bits per heavy atom. The zero-order valence-corrected chi connectivity index (χ0v) is 11.8. The Hall–Kier alpha value is -1.03. The van der Waals surface area contributed by atoms with E-state index >= 15 is 0 Å². The fourth-order valence-electron chi connectivity index (χ4n) is 1.40. The van der Waals surface area contributed by atoms with E-state index in [1.807, 2.05) is 24.3 Å². The number of hydrogen-bond acceptors (Lipinski definition) is 2. The fourth-order valence-corrected chi connectivity index (χ4v) is 1.56. The van der Waals surface area contributed by atoms with Crippen molar-refractivity contribution in [3.63, 3.8) is 0 Å². The summed E-state index contributed by atoms with van der Waals surface area (Å²) in [5.74, 6) is 0.818. The number of alkyl halides is 1. The number of benzene rings is 1. The number of methoxy groups -OCH3 is 1. The maximum absolute atomic E-state index is 11.7. The van der Waals surface area contributed by atoms with Crippen LogP contribution in [0.2, 0.25) is 0 Å². The molecule has 17 heavy (non-hydrogen) atoms. The molecule has 3 nitrogen and oxygen atoms in total. The van der Waals surface area contributed by atoms with Gasteiger partial charge in [-0.1, -0.05) is 35.0 Å². The number of carbonyl (C=O) groups excluding carboxylic acids is 1. The summed E-state index contributed by atoms with van der Waals surface area (Å²) >= 11 is 3.48. The molecule has 0 saturated carbocycles. The van der Waals surface area contributed by atoms with E-state index < -0.39 is 0 Å². The van der Waals surface area contributed by atoms with Gasteiger partial charge in [-0.05, 0) is 24.1 Å². The Morgan fingerprint density at radius 3 is 2.94 bits per heavy atom. The number of nitrogens with one attached hydrogen (secondary N) is 1. The Bertz CT molecular complexity index is 368. The molecule has 1 amide bonds. The van der Waals surface area contributed by atoms with Gasteiger partial charge in [-0.15, -0.1) is 0 Å². The molecule has 1 aromatic carbocycles. The zero-order valence-electron chi connectivity index (χ0n) is 10.2. The summed E-state index contributed by atoms with van der Waals surface area (Å²) in [6.45, 7) is 2.74. The van der Waals surface area contributed by atoms with Crippen molar-refractivity contribution >= 4 is 21.8 Å². The number of hydrogen-bond donors (Lipinski definition) is 1. The molecule has 94 valence electrons. The topological polar surface area (TPSA) is 38.3 Å². The lowest BCUT2D eigenvalue weighted by atomic mass is 10.1. The standard InChI is InChI=1S/C13H18BrNO2/c1-3-11(14)9-15-13(16)8-10-5-4-6-12(7-10)17-2/h4-7,11H,3,8-9H2,1-2H3,(H,15,16). The summed E-state index contributed by atoms with van der Waals surface area (Å²) < 4.78 is 5.11. The van der Waals surface area contributed by atoms with Crippen molar-refractivity contribution in [2.24, 2.45) is 0 Å². The van der Waals surface area contributed by atoms with E-state index in [9.17, 15) is 4.79 Å². The molecule has 4 heteroatoms. The molecule has 1 N–H and O–H groups in total. The lowest BCUT2D eigenvalue weighted by molar-refractivity contribution is -0.120. The Morgan fingerprint density at radius 2 is 2.29 bits per heavy atom. The Labute approximate surface area is 111 Å². The van der Waals surface area contributed by atoms with E-state index in [1.165, 1.54) is 0 Å². The first kappa shape index (κ1) is 14.0. The van der Waals surface area contributed by atoms with Crippen LogP contribution in [0.25, 0.3) is 0 Å². The van der Waals surface area contributed by atoms with Crippen LogP contribution in [0.15, 0.2) is 24.3 Å². The van der Waals surface area contributed by atoms with Gasteiger partial charge in [-0.3, -0.25) is 4.79 Å². The highest BCUT2D eigenvalue weighted by Crippen LogP contribution is 2.12. The van der Waals surface area contributed by atoms with Gasteiger partial charge in [0.1, 0.15) is 5.75 Å². The molecule has 1 unspecified atom stereocenters. The molecule has 1 aromatic rings. The summed E-state index contributed by atoms with van der Waals surface area (Å²) in [6, 6.07) is 7.56. The van der Waals surface area contributed by atoms with Gasteiger partial charge < -0.3 is 10.1 Å². The fraction of sp³-hybridized carbons (Fsp3) is 0.462. The second-order valence-corrected chi connectivity index (χ2v) is 5.13. The summed E-state index contributed by atoms with van der Waals surface area (Å²) in [5, 5.41) is 2.89. The highest BCUT2D eigenvalue weighted by molar-refractivity contribution is 9.09. The monoisotopic (exact) mass is 299 g/mol. The van der Waals surface area contributed by atoms with Gasteiger partial charge in [0.25, 0.3) is 0 Å². The molecule has 1 rings (SSSR count). The van der Waals surface area contributed by atoms with E-state index in [-0.39, 0.29) is 5.91 Å². The number of halogens is 1. The van der Waals surface area contributed by atoms with Crippen molar-refractivity contribution in [2.75, 3.05) is 13.7 Å². The van der Waals surface area contributed by atoms with Crippen LogP contribution in [-0.4, -0.2) is 24.4 Å². The van der Waals surface area contributed by atoms with Crippen molar-refractivity contribution in [2.45, 2.75) is 24.6 Å². The number of ether oxygens (including phenoxy) is 1. The van der Waals surface area contributed by atoms with Crippen molar-refractivity contribution in [1.82, 2.24) is 5.32 Å². The van der Waals surface area contributed by atoms with Crippen LogP contribution in [-0.2, 0) is 11.2 Å². The van der Waals surface area contributed by atoms with Crippen LogP contribution in [0, 0.1) is 0 Å². The zero-order chi connectivity index (χ0) is 12.7. The van der Waals surface area contributed by atoms with E-state index in [0.717, 1.165) is 17.7 Å². The molecule has 0 bridgehead atoms. The van der Waals surface area contributed by atoms with Crippen LogP contribution in [0.5, 0.6) is 5.75 Å². The van der Waals surface area contributed by atoms with Crippen molar-refractivity contribution < 1.29 is 9.53 Å². The SMILES string of the molecule is CCC(Br)CNC(=O)Cc1cccc(OC)c1. The van der Waals surface area contributed by atoms with Crippen molar-refractivity contribution in [1.29, 1.82) is 0 Å². The molecular formula is C13H18BrNO2. The third kappa shape index (κ3) is 5.22. The Balaban J connectivity index is 2.44. The molecule has 1 atom stereocenters. The van der Waals surface area contributed by atoms with Crippen LogP contribution in [0.4, 0.5) is 0 Å². The second-order valence-electron chi connectivity index (χ2n) is 3.84. The average Bonchev–Trinajstić information content (AvgIpc) is 2.36. The molecular weight excluding hydrogens is 282 g/mol. The van der Waals surface area contributed by atoms with Gasteiger partial charge in [-0.2, -0.15) is 0 Å². The largest absolute Gasteiger partial charge is 0.497 e. The Kier molecular flexibility index (Phi) is 6.05. The maximum Gasteiger partial charge on any atom is 0.224 e. The minimum Gasteiger partial charge on any atom is -0.497 e. The molecule has 0 radical (unpaired) electrons. The maximum atomic E-state index is 11.7. The van der Waals surface area contributed by atoms with Crippen molar-refractivity contribution in [3.8, 4) is 5.75 Å². The third-order valence-electron chi connectivity index (χ3n) is 2.46. The predicted molar refractivity (Wildman–Crippen MR) is 72.7 cm³/mol. The van der Waals surface area contributed by atoms with Gasteiger partial charge in [0.2, 0.25) is 5.91 Å². The summed E-state index contributed by atoms with van der Waals surface area (Å²) in [5.41, 5.74) is 0.962. The summed E-state index contributed by atoms with van der Waals surface area (Å²) in [4.78, 5) is 12.0. The van der Waals surface area contributed by atoms with Gasteiger partial charge in [0, 0.05) is 11.4 Å². The van der Waals surface area contributed by atoms with Gasteiger partial charge in [0.15, 0.2) is 0 Å². The normalized spacial score (nSPS) is 11.9. The number of amides is 1. The molecule has 0 aromatic heterocycles. The quantitative estimate of drug-likeness (QED) is 0.820. The minimum absolute atomic E-state index is 0.0381. The molecule has 0 saturated heterocycles. The molecule has 0 aliphatic heterocycles. The summed E-state index contributed by atoms with van der Waals surface area (Å²) in [6.07, 6.45) is 1.39. The lowest BCUT2D eigenvalue weighted by Gasteiger charge is -2.09. The van der Waals surface area contributed by atoms with Crippen molar-refractivity contribution in [3.05, 3.63) is 29.8 Å². The molecule has 0 aliphatic carbocycles. The third-order valence-corrected chi connectivity index (χ3v) is 3.43. The molecule has 0 fully saturated rings. The van der Waals surface area contributed by atoms with Gasteiger partial charge in [0.05, 0.1) is 13.5 Å². The number of carbonyl (C=O) groups is 1. The van der Waals surface area contributed by atoms with Crippen LogP contribution < -0.4 is 10.1 Å². The average molecular weight is 300 g/mol. The van der Waals surface area contributed by atoms with E-state index in [1.54, 1.807) is 7.11 Å². The minimum atomic E-state index is 0.0381. The van der Waals surface area contributed by atoms with Crippen LogP contribution in [0.3, 0.4) is 0 Å². The molecule has 0 spiro atoms.